The molecule has 1 aliphatic rings. The normalized spacial score (nSPS) is 16.4. The molecule has 27 heavy (non-hydrogen) atoms. The molecule has 0 aromatic carbocycles. The van der Waals surface area contributed by atoms with Gasteiger partial charge in [-0.2, -0.15) is 18.3 Å². The summed E-state index contributed by atoms with van der Waals surface area (Å²) in [7, 11) is 0. The molecular weight excluding hydrogens is 367 g/mol. The number of hydrogen-bond donors (Lipinski definition) is 0. The third-order valence-corrected chi connectivity index (χ3v) is 4.01. The van der Waals surface area contributed by atoms with Crippen molar-refractivity contribution in [3.05, 3.63) is 41.9 Å². The molecule has 0 radical (unpaired) electrons. The third-order valence-electron chi connectivity index (χ3n) is 4.01. The van der Waals surface area contributed by atoms with E-state index in [4.69, 9.17) is 14.2 Å². The van der Waals surface area contributed by atoms with Crippen LogP contribution in [0.15, 0.2) is 30.7 Å². The SMILES string of the molecule is CCC(=O)c1cnn(Cc2ccc(OCC3(C(F)(F)F)OCCO3)nc2)c1. The Kier molecular flexibility index (Phi) is 5.47. The fourth-order valence-electron chi connectivity index (χ4n) is 2.53. The first-order valence-electron chi connectivity index (χ1n) is 8.31. The fraction of sp³-hybridized carbons (Fsp3) is 0.471. The maximum absolute atomic E-state index is 13.1. The van der Waals surface area contributed by atoms with Crippen LogP contribution in [0.1, 0.15) is 29.3 Å². The molecule has 2 aromatic heterocycles. The van der Waals surface area contributed by atoms with Crippen LogP contribution in [-0.2, 0) is 16.0 Å². The second-order valence-corrected chi connectivity index (χ2v) is 5.94. The lowest BCUT2D eigenvalue weighted by atomic mass is 10.2. The highest BCUT2D eigenvalue weighted by atomic mass is 19.4. The number of Topliss-reactive ketones (excluding diaryl/α,β-unsaturated/α-hetero) is 1. The molecule has 0 atom stereocenters. The largest absolute Gasteiger partial charge is 0.472 e. The van der Waals surface area contributed by atoms with E-state index in [9.17, 15) is 18.0 Å². The van der Waals surface area contributed by atoms with Crippen molar-refractivity contribution >= 4 is 5.78 Å². The van der Waals surface area contributed by atoms with Crippen molar-refractivity contribution < 1.29 is 32.2 Å². The van der Waals surface area contributed by atoms with Crippen LogP contribution >= 0.6 is 0 Å². The van der Waals surface area contributed by atoms with Crippen LogP contribution in [0.2, 0.25) is 0 Å². The standard InChI is InChI=1S/C17H18F3N3O4/c1-2-14(24)13-8-22-23(10-13)9-12-3-4-15(21-7-12)25-11-16(17(18,19)20)26-5-6-27-16/h3-4,7-8,10H,2,5-6,9,11H2,1H3. The third kappa shape index (κ3) is 4.28. The van der Waals surface area contributed by atoms with E-state index < -0.39 is 18.6 Å². The molecule has 3 heterocycles. The minimum atomic E-state index is -4.71. The molecule has 2 aromatic rings. The molecule has 0 aliphatic carbocycles. The highest BCUT2D eigenvalue weighted by Gasteiger charge is 2.61. The van der Waals surface area contributed by atoms with E-state index in [2.05, 4.69) is 10.1 Å². The Labute approximate surface area is 153 Å². The molecule has 0 spiro atoms. The quantitative estimate of drug-likeness (QED) is 0.682. The van der Waals surface area contributed by atoms with Gasteiger partial charge in [0.1, 0.15) is 0 Å². The molecule has 10 heteroatoms. The van der Waals surface area contributed by atoms with Crippen molar-refractivity contribution in [2.45, 2.75) is 31.9 Å². The number of nitrogens with zero attached hydrogens (tertiary/aromatic N) is 3. The van der Waals surface area contributed by atoms with Gasteiger partial charge in [0.15, 0.2) is 12.4 Å². The summed E-state index contributed by atoms with van der Waals surface area (Å²) >= 11 is 0. The van der Waals surface area contributed by atoms with Gasteiger partial charge in [-0.15, -0.1) is 0 Å². The van der Waals surface area contributed by atoms with Crippen LogP contribution in [0.3, 0.4) is 0 Å². The van der Waals surface area contributed by atoms with Crippen molar-refractivity contribution in [1.29, 1.82) is 0 Å². The van der Waals surface area contributed by atoms with E-state index >= 15 is 0 Å². The lowest BCUT2D eigenvalue weighted by Crippen LogP contribution is -2.51. The minimum Gasteiger partial charge on any atom is -0.472 e. The Balaban J connectivity index is 1.60. The second-order valence-electron chi connectivity index (χ2n) is 5.94. The molecule has 0 bridgehead atoms. The van der Waals surface area contributed by atoms with Crippen molar-refractivity contribution in [1.82, 2.24) is 14.8 Å². The molecule has 0 saturated carbocycles. The zero-order chi connectivity index (χ0) is 19.5. The fourth-order valence-corrected chi connectivity index (χ4v) is 2.53. The average Bonchev–Trinajstić information content (AvgIpc) is 3.30. The molecule has 0 N–H and O–H groups in total. The number of alkyl halides is 3. The van der Waals surface area contributed by atoms with Gasteiger partial charge in [0.2, 0.25) is 5.88 Å². The Morgan fingerprint density at radius 3 is 2.63 bits per heavy atom. The van der Waals surface area contributed by atoms with Gasteiger partial charge >= 0.3 is 12.0 Å². The molecule has 146 valence electrons. The zero-order valence-electron chi connectivity index (χ0n) is 14.5. The van der Waals surface area contributed by atoms with Gasteiger partial charge in [0, 0.05) is 24.9 Å². The number of aromatic nitrogens is 3. The lowest BCUT2D eigenvalue weighted by Gasteiger charge is -2.28. The molecule has 0 unspecified atom stereocenters. The minimum absolute atomic E-state index is 0.00179. The van der Waals surface area contributed by atoms with Crippen molar-refractivity contribution in [3.63, 3.8) is 0 Å². The van der Waals surface area contributed by atoms with Gasteiger partial charge in [0.25, 0.3) is 0 Å². The molecule has 1 aliphatic heterocycles. The molecular formula is C17H18F3N3O4. The van der Waals surface area contributed by atoms with E-state index in [1.165, 1.54) is 18.5 Å². The number of hydrogen-bond acceptors (Lipinski definition) is 6. The number of rotatable bonds is 7. The Morgan fingerprint density at radius 2 is 2.04 bits per heavy atom. The number of ketones is 1. The molecule has 0 amide bonds. The van der Waals surface area contributed by atoms with Crippen LogP contribution in [-0.4, -0.2) is 52.3 Å². The highest BCUT2D eigenvalue weighted by Crippen LogP contribution is 2.37. The number of ether oxygens (including phenoxy) is 3. The van der Waals surface area contributed by atoms with Crippen LogP contribution in [0.5, 0.6) is 5.88 Å². The summed E-state index contributed by atoms with van der Waals surface area (Å²) in [5.41, 5.74) is 1.28. The van der Waals surface area contributed by atoms with Gasteiger partial charge in [-0.25, -0.2) is 4.98 Å². The van der Waals surface area contributed by atoms with E-state index in [0.717, 1.165) is 5.56 Å². The molecule has 3 rings (SSSR count). The van der Waals surface area contributed by atoms with E-state index in [1.54, 1.807) is 23.9 Å². The van der Waals surface area contributed by atoms with Gasteiger partial charge in [-0.3, -0.25) is 9.48 Å². The van der Waals surface area contributed by atoms with Gasteiger partial charge < -0.3 is 14.2 Å². The van der Waals surface area contributed by atoms with Crippen molar-refractivity contribution in [2.24, 2.45) is 0 Å². The smallest absolute Gasteiger partial charge is 0.447 e. The van der Waals surface area contributed by atoms with E-state index in [1.807, 2.05) is 0 Å². The number of carbonyl (C=O) groups excluding carboxylic acids is 1. The molecule has 1 saturated heterocycles. The van der Waals surface area contributed by atoms with Crippen LogP contribution < -0.4 is 4.74 Å². The van der Waals surface area contributed by atoms with Crippen LogP contribution in [0.4, 0.5) is 13.2 Å². The molecule has 1 fully saturated rings. The Hall–Kier alpha value is -2.46. The van der Waals surface area contributed by atoms with Gasteiger partial charge in [-0.05, 0) is 5.56 Å². The summed E-state index contributed by atoms with van der Waals surface area (Å²) in [6.07, 6.45) is 0.283. The monoisotopic (exact) mass is 385 g/mol. The predicted molar refractivity (Wildman–Crippen MR) is 86.4 cm³/mol. The van der Waals surface area contributed by atoms with E-state index in [-0.39, 0.29) is 24.9 Å². The Bertz CT molecular complexity index is 783. The Morgan fingerprint density at radius 1 is 1.30 bits per heavy atom. The van der Waals surface area contributed by atoms with E-state index in [0.29, 0.717) is 18.5 Å². The first-order valence-corrected chi connectivity index (χ1v) is 8.31. The summed E-state index contributed by atoms with van der Waals surface area (Å²) in [6, 6.07) is 3.11. The lowest BCUT2D eigenvalue weighted by molar-refractivity contribution is -0.350. The maximum atomic E-state index is 13.1. The summed E-state index contributed by atoms with van der Waals surface area (Å²) in [4.78, 5) is 15.6. The topological polar surface area (TPSA) is 75.5 Å². The number of carbonyl (C=O) groups is 1. The van der Waals surface area contributed by atoms with Crippen molar-refractivity contribution in [2.75, 3.05) is 19.8 Å². The van der Waals surface area contributed by atoms with Gasteiger partial charge in [0.05, 0.1) is 31.5 Å². The predicted octanol–water partition coefficient (Wildman–Crippen LogP) is 2.60. The van der Waals surface area contributed by atoms with Crippen LogP contribution in [0, 0.1) is 0 Å². The zero-order valence-corrected chi connectivity index (χ0v) is 14.5. The summed E-state index contributed by atoms with van der Waals surface area (Å²) in [6.45, 7) is 0.990. The summed E-state index contributed by atoms with van der Waals surface area (Å²) in [5.74, 6) is -2.74. The first kappa shape index (κ1) is 19.3. The maximum Gasteiger partial charge on any atom is 0.447 e. The first-order chi connectivity index (χ1) is 12.8. The highest BCUT2D eigenvalue weighted by molar-refractivity contribution is 5.95. The molecule has 7 nitrogen and oxygen atoms in total. The second kappa shape index (κ2) is 7.65. The number of halogens is 3. The van der Waals surface area contributed by atoms with Crippen molar-refractivity contribution in [3.8, 4) is 5.88 Å². The number of pyridine rings is 1. The van der Waals surface area contributed by atoms with Crippen LogP contribution in [0.25, 0.3) is 0 Å². The summed E-state index contributed by atoms with van der Waals surface area (Å²) in [5, 5.41) is 4.11. The van der Waals surface area contributed by atoms with Gasteiger partial charge in [-0.1, -0.05) is 13.0 Å². The average molecular weight is 385 g/mol. The summed E-state index contributed by atoms with van der Waals surface area (Å²) < 4.78 is 55.5.